The van der Waals surface area contributed by atoms with E-state index in [9.17, 15) is 0 Å². The van der Waals surface area contributed by atoms with Crippen LogP contribution in [0.4, 0.5) is 0 Å². The van der Waals surface area contributed by atoms with E-state index in [1.54, 1.807) is 11.1 Å². The van der Waals surface area contributed by atoms with E-state index < -0.39 is 0 Å². The fraction of sp³-hybridized carbons (Fsp3) is 0.647. The Kier molecular flexibility index (Phi) is 10.5. The number of rotatable bonds is 11. The fourth-order valence-corrected chi connectivity index (χ4v) is 5.09. The SMILES string of the molecule is CCCCC(CC)c1cc(-c2cc(C(CC)CCCC)cc(C(C)(C)C)c2)cc(C(C)(C)C)c1. The summed E-state index contributed by atoms with van der Waals surface area (Å²) >= 11 is 0. The summed E-state index contributed by atoms with van der Waals surface area (Å²) < 4.78 is 0. The van der Waals surface area contributed by atoms with Gasteiger partial charge in [-0.3, -0.25) is 0 Å². The van der Waals surface area contributed by atoms with Crippen molar-refractivity contribution < 1.29 is 0 Å². The minimum Gasteiger partial charge on any atom is -0.0654 e. The van der Waals surface area contributed by atoms with E-state index in [0.717, 1.165) is 0 Å². The first kappa shape index (κ1) is 28.7. The molecule has 0 bridgehead atoms. The maximum Gasteiger partial charge on any atom is -0.0132 e. The van der Waals surface area contributed by atoms with E-state index in [1.165, 1.54) is 73.6 Å². The lowest BCUT2D eigenvalue weighted by Gasteiger charge is -2.26. The van der Waals surface area contributed by atoms with Crippen molar-refractivity contribution >= 4 is 0 Å². The number of hydrogen-bond acceptors (Lipinski definition) is 0. The van der Waals surface area contributed by atoms with Crippen LogP contribution >= 0.6 is 0 Å². The van der Waals surface area contributed by atoms with Crippen LogP contribution in [0, 0.1) is 0 Å². The number of unbranched alkanes of at least 4 members (excludes halogenated alkanes) is 2. The zero-order valence-corrected chi connectivity index (χ0v) is 24.3. The van der Waals surface area contributed by atoms with Gasteiger partial charge in [-0.05, 0) is 81.7 Å². The maximum absolute atomic E-state index is 2.53. The smallest absolute Gasteiger partial charge is 0.0132 e. The highest BCUT2D eigenvalue weighted by Gasteiger charge is 2.22. The Bertz CT molecular complexity index is 812. The Morgan fingerprint density at radius 2 is 0.882 bits per heavy atom. The maximum atomic E-state index is 2.53. The summed E-state index contributed by atoms with van der Waals surface area (Å²) in [6.07, 6.45) is 10.2. The first-order chi connectivity index (χ1) is 15.9. The third kappa shape index (κ3) is 7.73. The molecule has 0 heteroatoms. The summed E-state index contributed by atoms with van der Waals surface area (Å²) in [4.78, 5) is 0. The molecule has 0 heterocycles. The third-order valence-corrected chi connectivity index (χ3v) is 7.72. The molecule has 0 radical (unpaired) electrons. The Morgan fingerprint density at radius 1 is 0.529 bits per heavy atom. The second kappa shape index (κ2) is 12.4. The van der Waals surface area contributed by atoms with Gasteiger partial charge in [0.1, 0.15) is 0 Å². The van der Waals surface area contributed by atoms with Crippen molar-refractivity contribution in [3.05, 3.63) is 58.7 Å². The lowest BCUT2D eigenvalue weighted by Crippen LogP contribution is -2.14. The summed E-state index contributed by atoms with van der Waals surface area (Å²) in [6, 6.07) is 15.0. The molecular weight excluding hydrogens is 408 g/mol. The van der Waals surface area contributed by atoms with Gasteiger partial charge in [0.15, 0.2) is 0 Å². The van der Waals surface area contributed by atoms with E-state index in [2.05, 4.69) is 106 Å². The van der Waals surface area contributed by atoms with Crippen LogP contribution < -0.4 is 0 Å². The van der Waals surface area contributed by atoms with Crippen LogP contribution in [0.3, 0.4) is 0 Å². The summed E-state index contributed by atoms with van der Waals surface area (Å²) in [6.45, 7) is 23.5. The first-order valence-corrected chi connectivity index (χ1v) is 14.3. The Hall–Kier alpha value is -1.56. The van der Waals surface area contributed by atoms with Gasteiger partial charge in [-0.25, -0.2) is 0 Å². The standard InChI is InChI=1S/C34H54/c1-11-15-17-25(13-3)27-19-29(23-31(21-27)33(5,6)7)30-20-28(26(14-4)18-16-12-2)22-32(24-30)34(8,9)10/h19-26H,11-18H2,1-10H3. The molecule has 0 spiro atoms. The van der Waals surface area contributed by atoms with Crippen molar-refractivity contribution in [2.45, 2.75) is 143 Å². The normalized spacial score (nSPS) is 14.3. The average Bonchev–Trinajstić information content (AvgIpc) is 2.78. The van der Waals surface area contributed by atoms with Gasteiger partial charge in [-0.2, -0.15) is 0 Å². The minimum atomic E-state index is 0.144. The van der Waals surface area contributed by atoms with Gasteiger partial charge in [0.25, 0.3) is 0 Å². The lowest BCUT2D eigenvalue weighted by atomic mass is 9.78. The van der Waals surface area contributed by atoms with Crippen LogP contribution in [0.2, 0.25) is 0 Å². The average molecular weight is 463 g/mol. The van der Waals surface area contributed by atoms with Crippen molar-refractivity contribution in [2.24, 2.45) is 0 Å². The molecule has 2 aromatic carbocycles. The molecule has 190 valence electrons. The molecule has 0 amide bonds. The van der Waals surface area contributed by atoms with Gasteiger partial charge in [-0.1, -0.05) is 131 Å². The van der Waals surface area contributed by atoms with Crippen molar-refractivity contribution in [1.29, 1.82) is 0 Å². The number of benzene rings is 2. The molecule has 0 N–H and O–H groups in total. The molecule has 0 aliphatic carbocycles. The van der Waals surface area contributed by atoms with Crippen LogP contribution in [-0.4, -0.2) is 0 Å². The zero-order chi connectivity index (χ0) is 25.5. The molecule has 2 aromatic rings. The predicted octanol–water partition coefficient (Wildman–Crippen LogP) is 11.3. The molecule has 0 aromatic heterocycles. The Morgan fingerprint density at radius 3 is 1.15 bits per heavy atom. The molecule has 2 unspecified atom stereocenters. The van der Waals surface area contributed by atoms with Gasteiger partial charge in [-0.15, -0.1) is 0 Å². The zero-order valence-electron chi connectivity index (χ0n) is 24.3. The second-order valence-corrected chi connectivity index (χ2v) is 12.7. The highest BCUT2D eigenvalue weighted by atomic mass is 14.3. The third-order valence-electron chi connectivity index (χ3n) is 7.72. The van der Waals surface area contributed by atoms with E-state index in [4.69, 9.17) is 0 Å². The van der Waals surface area contributed by atoms with Crippen molar-refractivity contribution in [2.75, 3.05) is 0 Å². The fourth-order valence-electron chi connectivity index (χ4n) is 5.09. The minimum absolute atomic E-state index is 0.144. The highest BCUT2D eigenvalue weighted by Crippen LogP contribution is 2.38. The molecule has 0 nitrogen and oxygen atoms in total. The van der Waals surface area contributed by atoms with Gasteiger partial charge in [0.2, 0.25) is 0 Å². The van der Waals surface area contributed by atoms with E-state index >= 15 is 0 Å². The summed E-state index contributed by atoms with van der Waals surface area (Å²) in [5.41, 5.74) is 9.13. The number of hydrogen-bond donors (Lipinski definition) is 0. The lowest BCUT2D eigenvalue weighted by molar-refractivity contribution is 0.559. The van der Waals surface area contributed by atoms with Crippen LogP contribution in [0.25, 0.3) is 11.1 Å². The van der Waals surface area contributed by atoms with Crippen LogP contribution in [0.5, 0.6) is 0 Å². The van der Waals surface area contributed by atoms with Gasteiger partial charge in [0.05, 0.1) is 0 Å². The molecule has 34 heavy (non-hydrogen) atoms. The molecule has 0 aliphatic rings. The summed E-state index contributed by atoms with van der Waals surface area (Å²) in [5.74, 6) is 1.30. The van der Waals surface area contributed by atoms with Crippen LogP contribution in [-0.2, 0) is 10.8 Å². The van der Waals surface area contributed by atoms with E-state index in [1.807, 2.05) is 0 Å². The highest BCUT2D eigenvalue weighted by molar-refractivity contribution is 5.68. The molecular formula is C34H54. The molecule has 0 saturated carbocycles. The predicted molar refractivity (Wildman–Crippen MR) is 154 cm³/mol. The van der Waals surface area contributed by atoms with E-state index in [-0.39, 0.29) is 10.8 Å². The van der Waals surface area contributed by atoms with Crippen LogP contribution in [0.1, 0.15) is 155 Å². The van der Waals surface area contributed by atoms with Crippen molar-refractivity contribution in [3.63, 3.8) is 0 Å². The molecule has 2 atom stereocenters. The monoisotopic (exact) mass is 462 g/mol. The first-order valence-electron chi connectivity index (χ1n) is 14.3. The topological polar surface area (TPSA) is 0 Å². The quantitative estimate of drug-likeness (QED) is 0.311. The van der Waals surface area contributed by atoms with E-state index in [0.29, 0.717) is 11.8 Å². The Labute approximate surface area is 213 Å². The summed E-state index contributed by atoms with van der Waals surface area (Å²) in [5, 5.41) is 0. The summed E-state index contributed by atoms with van der Waals surface area (Å²) in [7, 11) is 0. The van der Waals surface area contributed by atoms with Crippen molar-refractivity contribution in [3.8, 4) is 11.1 Å². The van der Waals surface area contributed by atoms with Gasteiger partial charge < -0.3 is 0 Å². The van der Waals surface area contributed by atoms with Crippen molar-refractivity contribution in [1.82, 2.24) is 0 Å². The Balaban J connectivity index is 2.71. The van der Waals surface area contributed by atoms with Gasteiger partial charge >= 0.3 is 0 Å². The molecule has 2 rings (SSSR count). The van der Waals surface area contributed by atoms with Gasteiger partial charge in [0, 0.05) is 0 Å². The molecule has 0 saturated heterocycles. The second-order valence-electron chi connectivity index (χ2n) is 12.7. The molecule has 0 aliphatic heterocycles. The largest absolute Gasteiger partial charge is 0.0654 e. The molecule has 0 fully saturated rings. The van der Waals surface area contributed by atoms with Crippen LogP contribution in [0.15, 0.2) is 36.4 Å².